The van der Waals surface area contributed by atoms with Crippen LogP contribution in [0.3, 0.4) is 0 Å². The first kappa shape index (κ1) is 22.3. The van der Waals surface area contributed by atoms with Crippen LogP contribution in [-0.2, 0) is 6.54 Å². The van der Waals surface area contributed by atoms with Gasteiger partial charge in [0.25, 0.3) is 0 Å². The molecule has 0 spiro atoms. The number of ether oxygens (including phenoxy) is 1. The number of hydrogen-bond acceptors (Lipinski definition) is 3. The summed E-state index contributed by atoms with van der Waals surface area (Å²) in [6.45, 7) is 5.70. The van der Waals surface area contributed by atoms with E-state index < -0.39 is 0 Å². The minimum absolute atomic E-state index is 0. The molecule has 0 aliphatic carbocycles. The number of nitrogens with zero attached hydrogens (tertiary/aromatic N) is 1. The fraction of sp³-hybridized carbons (Fsp3) is 0.571. The van der Waals surface area contributed by atoms with Crippen LogP contribution in [0.5, 0.6) is 5.75 Å². The number of halogens is 3. The molecule has 0 heterocycles. The Morgan fingerprint density at radius 3 is 2.55 bits per heavy atom. The van der Waals surface area contributed by atoms with Gasteiger partial charge in [0.05, 0.1) is 6.61 Å². The first-order valence-electron chi connectivity index (χ1n) is 6.40. The lowest BCUT2D eigenvalue weighted by atomic mass is 10.2. The van der Waals surface area contributed by atoms with E-state index in [-0.39, 0.29) is 24.8 Å². The van der Waals surface area contributed by atoms with E-state index in [1.165, 1.54) is 5.56 Å². The van der Waals surface area contributed by atoms with E-state index in [1.54, 1.807) is 0 Å². The Balaban J connectivity index is 0. The average Bonchev–Trinajstić information content (AvgIpc) is 2.32. The Kier molecular flexibility index (Phi) is 14.2. The van der Waals surface area contributed by atoms with Crippen molar-refractivity contribution < 1.29 is 4.74 Å². The minimum atomic E-state index is 0. The molecular weight excluding hydrogens is 363 g/mol. The summed E-state index contributed by atoms with van der Waals surface area (Å²) in [6.07, 6.45) is 1.16. The lowest BCUT2D eigenvalue weighted by Gasteiger charge is -2.13. The molecular formula is C14H25BrCl2N2O. The van der Waals surface area contributed by atoms with Gasteiger partial charge in [-0.15, -0.1) is 24.8 Å². The number of nitrogens with one attached hydrogen (secondary N) is 1. The van der Waals surface area contributed by atoms with E-state index in [2.05, 4.69) is 46.3 Å². The zero-order valence-electron chi connectivity index (χ0n) is 12.3. The van der Waals surface area contributed by atoms with Crippen LogP contribution in [0.2, 0.25) is 0 Å². The van der Waals surface area contributed by atoms with Crippen molar-refractivity contribution in [3.05, 3.63) is 28.2 Å². The molecule has 0 atom stereocenters. The molecule has 0 bridgehead atoms. The lowest BCUT2D eigenvalue weighted by molar-refractivity contribution is 0.335. The first-order chi connectivity index (χ1) is 8.63. The van der Waals surface area contributed by atoms with Crippen molar-refractivity contribution in [1.29, 1.82) is 0 Å². The summed E-state index contributed by atoms with van der Waals surface area (Å²) < 4.78 is 6.71. The van der Waals surface area contributed by atoms with Crippen molar-refractivity contribution in [3.8, 4) is 5.75 Å². The van der Waals surface area contributed by atoms with Crippen molar-refractivity contribution in [1.82, 2.24) is 10.2 Å². The van der Waals surface area contributed by atoms with Crippen molar-refractivity contribution in [3.63, 3.8) is 0 Å². The Morgan fingerprint density at radius 1 is 1.25 bits per heavy atom. The van der Waals surface area contributed by atoms with Crippen molar-refractivity contribution in [2.75, 3.05) is 33.8 Å². The Labute approximate surface area is 143 Å². The van der Waals surface area contributed by atoms with Crippen molar-refractivity contribution in [2.24, 2.45) is 0 Å². The van der Waals surface area contributed by atoms with Gasteiger partial charge in [0.2, 0.25) is 0 Å². The second-order valence-corrected chi connectivity index (χ2v) is 5.43. The van der Waals surface area contributed by atoms with Crippen LogP contribution in [0, 0.1) is 0 Å². The van der Waals surface area contributed by atoms with Gasteiger partial charge < -0.3 is 15.0 Å². The van der Waals surface area contributed by atoms with E-state index in [1.807, 2.05) is 19.1 Å². The Bertz CT molecular complexity index is 365. The maximum Gasteiger partial charge on any atom is 0.123 e. The quantitative estimate of drug-likeness (QED) is 0.687. The molecule has 0 radical (unpaired) electrons. The Hall–Kier alpha value is -0.000000000000000222. The monoisotopic (exact) mass is 386 g/mol. The van der Waals surface area contributed by atoms with Crippen molar-refractivity contribution >= 4 is 40.7 Å². The fourth-order valence-corrected chi connectivity index (χ4v) is 2.13. The van der Waals surface area contributed by atoms with Crippen LogP contribution >= 0.6 is 40.7 Å². The highest BCUT2D eigenvalue weighted by atomic mass is 79.9. The van der Waals surface area contributed by atoms with Gasteiger partial charge in [-0.3, -0.25) is 0 Å². The van der Waals surface area contributed by atoms with Crippen LogP contribution in [0.1, 0.15) is 18.9 Å². The number of benzene rings is 1. The number of rotatable bonds is 8. The highest BCUT2D eigenvalue weighted by Crippen LogP contribution is 2.23. The highest BCUT2D eigenvalue weighted by molar-refractivity contribution is 9.10. The average molecular weight is 388 g/mol. The molecule has 1 aromatic carbocycles. The van der Waals surface area contributed by atoms with Crippen LogP contribution in [-0.4, -0.2) is 38.7 Å². The van der Waals surface area contributed by atoms with Gasteiger partial charge in [0, 0.05) is 16.6 Å². The summed E-state index contributed by atoms with van der Waals surface area (Å²) in [5.74, 6) is 0.973. The molecule has 1 rings (SSSR count). The first-order valence-corrected chi connectivity index (χ1v) is 7.19. The molecule has 0 saturated heterocycles. The molecule has 0 aliphatic heterocycles. The van der Waals surface area contributed by atoms with Gasteiger partial charge >= 0.3 is 0 Å². The molecule has 0 fully saturated rings. The van der Waals surface area contributed by atoms with E-state index in [9.17, 15) is 0 Å². The summed E-state index contributed by atoms with van der Waals surface area (Å²) in [5.41, 5.74) is 1.20. The van der Waals surface area contributed by atoms with Gasteiger partial charge in [-0.05, 0) is 58.7 Å². The largest absolute Gasteiger partial charge is 0.494 e. The van der Waals surface area contributed by atoms with Crippen LogP contribution < -0.4 is 10.1 Å². The van der Waals surface area contributed by atoms with Crippen LogP contribution in [0.15, 0.2) is 22.7 Å². The predicted octanol–water partition coefficient (Wildman–Crippen LogP) is 3.73. The van der Waals surface area contributed by atoms with Gasteiger partial charge in [-0.2, -0.15) is 0 Å². The normalized spacial score (nSPS) is 9.85. The molecule has 0 saturated carbocycles. The van der Waals surface area contributed by atoms with Crippen molar-refractivity contribution in [2.45, 2.75) is 19.9 Å². The molecule has 1 N–H and O–H groups in total. The highest BCUT2D eigenvalue weighted by Gasteiger charge is 2.03. The fourth-order valence-electron chi connectivity index (χ4n) is 1.73. The minimum Gasteiger partial charge on any atom is -0.494 e. The lowest BCUT2D eigenvalue weighted by Crippen LogP contribution is -2.21. The summed E-state index contributed by atoms with van der Waals surface area (Å²) >= 11 is 3.50. The third-order valence-electron chi connectivity index (χ3n) is 2.60. The van der Waals surface area contributed by atoms with Crippen LogP contribution in [0.25, 0.3) is 0 Å². The van der Waals surface area contributed by atoms with E-state index in [4.69, 9.17) is 4.74 Å². The smallest absolute Gasteiger partial charge is 0.123 e. The summed E-state index contributed by atoms with van der Waals surface area (Å²) in [6, 6.07) is 6.15. The topological polar surface area (TPSA) is 24.5 Å². The summed E-state index contributed by atoms with van der Waals surface area (Å²) in [4.78, 5) is 2.20. The van der Waals surface area contributed by atoms with Gasteiger partial charge in [-0.1, -0.05) is 15.9 Å². The van der Waals surface area contributed by atoms with Crippen LogP contribution in [0.4, 0.5) is 0 Å². The molecule has 0 amide bonds. The van der Waals surface area contributed by atoms with E-state index in [0.717, 1.165) is 36.3 Å². The second kappa shape index (κ2) is 12.7. The molecule has 0 unspecified atom stereocenters. The Morgan fingerprint density at radius 2 is 1.95 bits per heavy atom. The molecule has 20 heavy (non-hydrogen) atoms. The van der Waals surface area contributed by atoms with E-state index in [0.29, 0.717) is 6.61 Å². The molecule has 0 aliphatic rings. The maximum atomic E-state index is 5.62. The summed E-state index contributed by atoms with van der Waals surface area (Å²) in [5, 5.41) is 3.46. The van der Waals surface area contributed by atoms with Gasteiger partial charge in [0.1, 0.15) is 5.75 Å². The third-order valence-corrected chi connectivity index (χ3v) is 3.09. The maximum absolute atomic E-state index is 5.62. The molecule has 1 aromatic rings. The van der Waals surface area contributed by atoms with Gasteiger partial charge in [-0.25, -0.2) is 0 Å². The second-order valence-electron chi connectivity index (χ2n) is 4.52. The van der Waals surface area contributed by atoms with Gasteiger partial charge in [0.15, 0.2) is 0 Å². The standard InChI is InChI=1S/C14H23BrN2O.2ClH/c1-4-18-14-7-6-13(15)10-12(14)11-16-8-5-9-17(2)3;;/h6-7,10,16H,4-5,8-9,11H2,1-3H3;2*1H. The predicted molar refractivity (Wildman–Crippen MR) is 94.7 cm³/mol. The molecule has 118 valence electrons. The summed E-state index contributed by atoms with van der Waals surface area (Å²) in [7, 11) is 4.20. The molecule has 3 nitrogen and oxygen atoms in total. The van der Waals surface area contributed by atoms with E-state index >= 15 is 0 Å². The number of hydrogen-bond donors (Lipinski definition) is 1. The molecule has 0 aromatic heterocycles. The molecule has 6 heteroatoms. The zero-order chi connectivity index (χ0) is 13.4. The third kappa shape index (κ3) is 9.03. The zero-order valence-corrected chi connectivity index (χ0v) is 15.5. The SMILES string of the molecule is CCOc1ccc(Br)cc1CNCCCN(C)C.Cl.Cl.